The third-order valence-corrected chi connectivity index (χ3v) is 23.5. The second-order valence-electron chi connectivity index (χ2n) is 34.4. The van der Waals surface area contributed by atoms with Crippen molar-refractivity contribution in [2.45, 2.75) is 54.2 Å². The van der Waals surface area contributed by atoms with Crippen molar-refractivity contribution < 1.29 is 43.1 Å². The lowest BCUT2D eigenvalue weighted by molar-refractivity contribution is 0.100. The number of aromatic nitrogens is 22. The third kappa shape index (κ3) is 25.6. The smallest absolute Gasteiger partial charge is 0.320 e. The molecule has 5 aliphatic heterocycles. The summed E-state index contributed by atoms with van der Waals surface area (Å²) in [5.74, 6) is 8.70. The first kappa shape index (κ1) is 97.2. The number of nitrogens with one attached hydrogen (secondary N) is 1. The summed E-state index contributed by atoms with van der Waals surface area (Å²) in [7, 11) is 9.45. The highest BCUT2D eigenvalue weighted by atomic mass is 16.5. The van der Waals surface area contributed by atoms with E-state index in [0.717, 1.165) is 180 Å². The summed E-state index contributed by atoms with van der Waals surface area (Å²) in [5, 5.41) is 40.5. The number of carbonyl (C=O) groups excluding carboxylic acids is 1. The van der Waals surface area contributed by atoms with Gasteiger partial charge in [0, 0.05) is 188 Å². The van der Waals surface area contributed by atoms with Crippen LogP contribution in [0.5, 0.6) is 11.9 Å². The van der Waals surface area contributed by atoms with Crippen LogP contribution in [0.3, 0.4) is 0 Å². The van der Waals surface area contributed by atoms with Crippen molar-refractivity contribution in [2.24, 2.45) is 7.05 Å². The Morgan fingerprint density at radius 3 is 1.33 bits per heavy atom. The highest BCUT2D eigenvalue weighted by Crippen LogP contribution is 2.32. The Balaban J connectivity index is 0.000000122. The number of hydrogen-bond acceptors (Lipinski definition) is 32. The number of ether oxygens (including phenoxy) is 7. The van der Waals surface area contributed by atoms with Gasteiger partial charge in [-0.05, 0) is 95.9 Å². The molecule has 16 heterocycles. The zero-order valence-electron chi connectivity index (χ0n) is 81.1. The van der Waals surface area contributed by atoms with E-state index in [1.165, 1.54) is 23.6 Å². The molecule has 38 nitrogen and oxygen atoms in total. The number of hydrogen-bond donors (Lipinski definition) is 2. The Bertz CT molecular complexity index is 6810. The molecule has 0 saturated carbocycles. The van der Waals surface area contributed by atoms with E-state index in [9.17, 15) is 9.90 Å². The molecule has 0 unspecified atom stereocenters. The van der Waals surface area contributed by atoms with E-state index in [4.69, 9.17) is 53.3 Å². The molecule has 38 heteroatoms. The lowest BCUT2D eigenvalue weighted by Crippen LogP contribution is -2.37. The molecule has 0 aliphatic carbocycles. The van der Waals surface area contributed by atoms with Crippen molar-refractivity contribution in [1.82, 2.24) is 113 Å². The molecule has 0 radical (unpaired) electrons. The van der Waals surface area contributed by atoms with Crippen LogP contribution in [0.4, 0.5) is 35.0 Å². The minimum absolute atomic E-state index is 0.169. The van der Waals surface area contributed by atoms with E-state index >= 15 is 0 Å². The largest absolute Gasteiger partial charge is 0.481 e. The van der Waals surface area contributed by atoms with Gasteiger partial charge >= 0.3 is 6.01 Å². The Labute approximate surface area is 818 Å². The van der Waals surface area contributed by atoms with Crippen LogP contribution >= 0.6 is 0 Å². The number of carbonyl (C=O) groups is 1. The molecule has 11 aromatic heterocycles. The fraction of sp³-hybridized carbons (Fsp3) is 0.330. The molecule has 16 aromatic rings. The van der Waals surface area contributed by atoms with Gasteiger partial charge in [0.2, 0.25) is 11.8 Å². The number of methoxy groups -OCH3 is 1. The predicted octanol–water partition coefficient (Wildman–Crippen LogP) is 12.2. The van der Waals surface area contributed by atoms with Crippen molar-refractivity contribution in [2.75, 3.05) is 196 Å². The number of ketones is 1. The van der Waals surface area contributed by atoms with Crippen molar-refractivity contribution in [3.63, 3.8) is 0 Å². The Hall–Kier alpha value is -15.5. The number of morpholine rings is 5. The second kappa shape index (κ2) is 46.8. The zero-order chi connectivity index (χ0) is 97.5. The molecule has 0 atom stereocenters. The SMILES string of the molecule is CC(=O)c1nc(N2CCOCC2)cc(-n2ccc(-c3cccc(C)c3)n2)n1.CNc1nc(N2CCOCC2)cc(-n2nc(-c3ccccc3)cc2C)n1.COc1cc(N2CCOCC2)nc(-n2ccc(-c3cccc(C)c3)n2)n1.Cc1cccc(-c2cc(CN(C)C)n(-c3cc(N4CCOCC4)nc(OCCc4cnn(C)c4)n3)n2)c1.OCc1nc(N2CCOCC2)cc(-n2ccc(-c3ccccc3)n2)n1. The molecule has 0 spiro atoms. The number of nitrogens with zero attached hydrogens (tertiary/aromatic N) is 28. The number of aliphatic hydroxyl groups excluding tert-OH is 1. The monoisotopic (exact) mass is 1900 g/mol. The minimum Gasteiger partial charge on any atom is -0.481 e. The average Bonchev–Trinajstić information content (AvgIpc) is 1.68. The number of aryl methyl sites for hydroxylation is 5. The number of aliphatic hydroxyl groups is 1. The Morgan fingerprint density at radius 2 is 0.837 bits per heavy atom. The topological polar surface area (TPSA) is 369 Å². The molecule has 728 valence electrons. The number of rotatable bonds is 25. The molecule has 5 aromatic carbocycles. The average molecular weight is 1910 g/mol. The van der Waals surface area contributed by atoms with E-state index < -0.39 is 0 Å². The summed E-state index contributed by atoms with van der Waals surface area (Å²) >= 11 is 0. The maximum absolute atomic E-state index is 11.9. The van der Waals surface area contributed by atoms with Gasteiger partial charge in [-0.1, -0.05) is 132 Å². The van der Waals surface area contributed by atoms with Gasteiger partial charge in [-0.25, -0.2) is 43.3 Å². The minimum atomic E-state index is -0.210. The van der Waals surface area contributed by atoms with E-state index in [1.54, 1.807) is 25.8 Å². The molecule has 0 bridgehead atoms. The van der Waals surface area contributed by atoms with Crippen LogP contribution in [0, 0.1) is 27.7 Å². The summed E-state index contributed by atoms with van der Waals surface area (Å²) in [6.45, 7) is 25.3. The molecule has 5 saturated heterocycles. The van der Waals surface area contributed by atoms with Gasteiger partial charge in [-0.3, -0.25) is 9.48 Å². The van der Waals surface area contributed by atoms with E-state index in [2.05, 4.69) is 203 Å². The van der Waals surface area contributed by atoms with Gasteiger partial charge in [-0.2, -0.15) is 60.5 Å². The summed E-state index contributed by atoms with van der Waals surface area (Å²) < 4.78 is 49.3. The van der Waals surface area contributed by atoms with Gasteiger partial charge < -0.3 is 73.0 Å². The lowest BCUT2D eigenvalue weighted by atomic mass is 10.1. The molecular formula is C103H117N29O9. The summed E-state index contributed by atoms with van der Waals surface area (Å²) in [6.07, 6.45) is 10.2. The van der Waals surface area contributed by atoms with E-state index in [-0.39, 0.29) is 18.2 Å². The van der Waals surface area contributed by atoms with Crippen LogP contribution in [0.1, 0.15) is 57.0 Å². The number of anilines is 6. The summed E-state index contributed by atoms with van der Waals surface area (Å²) in [5.41, 5.74) is 16.5. The van der Waals surface area contributed by atoms with Gasteiger partial charge in [0.05, 0.1) is 120 Å². The van der Waals surface area contributed by atoms with Crippen molar-refractivity contribution >= 4 is 40.8 Å². The maximum Gasteiger partial charge on any atom is 0.320 e. The molecule has 5 aliphatic rings. The first-order chi connectivity index (χ1) is 68.8. The van der Waals surface area contributed by atoms with Gasteiger partial charge in [0.25, 0.3) is 5.95 Å². The van der Waals surface area contributed by atoms with Crippen LogP contribution in [0.15, 0.2) is 225 Å². The van der Waals surface area contributed by atoms with Crippen LogP contribution in [-0.4, -0.2) is 291 Å². The van der Waals surface area contributed by atoms with Crippen LogP contribution in [0.25, 0.3) is 85.5 Å². The molecule has 21 rings (SSSR count). The van der Waals surface area contributed by atoms with Crippen molar-refractivity contribution in [3.8, 4) is 97.4 Å². The Morgan fingerprint density at radius 1 is 0.426 bits per heavy atom. The normalized spacial score (nSPS) is 14.3. The maximum atomic E-state index is 11.9. The van der Waals surface area contributed by atoms with Crippen molar-refractivity contribution in [3.05, 3.63) is 270 Å². The first-order valence-corrected chi connectivity index (χ1v) is 47.2. The molecule has 2 N–H and O–H groups in total. The Kier molecular flexibility index (Phi) is 32.3. The third-order valence-electron chi connectivity index (χ3n) is 23.5. The van der Waals surface area contributed by atoms with Crippen LogP contribution in [-0.2, 0) is 50.3 Å². The quantitative estimate of drug-likeness (QED) is 0.0502. The van der Waals surface area contributed by atoms with Crippen LogP contribution < -0.4 is 39.3 Å². The highest BCUT2D eigenvalue weighted by Gasteiger charge is 2.26. The molecule has 141 heavy (non-hydrogen) atoms. The summed E-state index contributed by atoms with van der Waals surface area (Å²) in [6, 6.07) is 65.0. The fourth-order valence-electron chi connectivity index (χ4n) is 16.3. The number of benzene rings is 5. The molecular weight excluding hydrogens is 1790 g/mol. The first-order valence-electron chi connectivity index (χ1n) is 47.2. The van der Waals surface area contributed by atoms with Gasteiger partial charge in [-0.15, -0.1) is 0 Å². The van der Waals surface area contributed by atoms with Gasteiger partial charge in [0.1, 0.15) is 35.7 Å². The highest BCUT2D eigenvalue weighted by molar-refractivity contribution is 5.91. The van der Waals surface area contributed by atoms with Gasteiger partial charge in [0.15, 0.2) is 40.7 Å². The lowest BCUT2D eigenvalue weighted by Gasteiger charge is -2.28. The van der Waals surface area contributed by atoms with E-state index in [1.807, 2.05) is 183 Å². The van der Waals surface area contributed by atoms with E-state index in [0.29, 0.717) is 126 Å². The standard InChI is InChI=1S/C27H34N8O2.C20H21N5O2.C19H22N6O.C19H21N5O2.C18H19N5O2/c1-20-6-5-7-22(14-20)24-15-23(19-32(2)3)35(31-24)26-16-25(34-9-12-36-13-10-34)29-27(30-26)37-11-8-21-17-28-33(4)18-21;1-14-4-3-5-16(12-14)17-6-7-25(23-17)19-13-18(21-20(22-19)15(2)26)24-8-10-27-11-9-24;1-14-12-16(15-6-4-3-5-7-15)23-25(14)18-13-17(21-19(20-2)22-18)24-8-10-26-11-9-24;1-14-4-3-5-15(12-14)16-6-7-24(22-16)19-20-17(13-18(21-19)25-2)23-8-10-26-11-9-23;24-13-16-19-17(22-8-10-25-11-9-22)12-18(20-16)23-7-6-15(21-23)14-4-2-1-3-5-14/h5-7,14-18H,8-13,19H2,1-4H3;3-7,12-13H,8-11H2,1-2H3;3-7,12-13H,8-11H2,1-2H3,(H,20,21,22);3-7,12-13H,8-11H2,1-2H3;1-7,12,24H,8-11,13H2. The molecule has 0 amide bonds. The fourth-order valence-corrected chi connectivity index (χ4v) is 16.3. The predicted molar refractivity (Wildman–Crippen MR) is 539 cm³/mol. The van der Waals surface area contributed by atoms with Crippen LogP contribution in [0.2, 0.25) is 0 Å². The molecule has 5 fully saturated rings. The number of Topliss-reactive ketones (excluding diaryl/α,β-unsaturated/α-hetero) is 1. The second-order valence-corrected chi connectivity index (χ2v) is 34.4. The zero-order valence-corrected chi connectivity index (χ0v) is 81.1. The summed E-state index contributed by atoms with van der Waals surface area (Å²) in [4.78, 5) is 70.4. The van der Waals surface area contributed by atoms with Crippen molar-refractivity contribution in [1.29, 1.82) is 0 Å².